The zero-order chi connectivity index (χ0) is 21.6. The Kier molecular flexibility index (Phi) is 6.58. The topological polar surface area (TPSA) is 93.7 Å². The van der Waals surface area contributed by atoms with E-state index in [0.29, 0.717) is 35.0 Å². The normalized spacial score (nSPS) is 10.9. The van der Waals surface area contributed by atoms with Crippen molar-refractivity contribution in [3.63, 3.8) is 0 Å². The molecule has 0 fully saturated rings. The molecule has 0 aliphatic carbocycles. The first kappa shape index (κ1) is 21.2. The van der Waals surface area contributed by atoms with Crippen LogP contribution in [0.3, 0.4) is 0 Å². The van der Waals surface area contributed by atoms with Gasteiger partial charge in [-0.15, -0.1) is 0 Å². The molecule has 0 spiro atoms. The van der Waals surface area contributed by atoms with Gasteiger partial charge < -0.3 is 14.8 Å². The molecule has 0 radical (unpaired) electrons. The third-order valence-corrected chi connectivity index (χ3v) is 5.59. The second kappa shape index (κ2) is 9.32. The van der Waals surface area contributed by atoms with Gasteiger partial charge in [-0.25, -0.2) is 8.42 Å². The van der Waals surface area contributed by atoms with Crippen LogP contribution in [0.5, 0.6) is 11.5 Å². The minimum Gasteiger partial charge on any atom is -0.496 e. The number of carbonyl (C=O) groups excluding carboxylic acids is 1. The van der Waals surface area contributed by atoms with E-state index in [0.717, 1.165) is 0 Å². The highest BCUT2D eigenvalue weighted by atomic mass is 32.2. The van der Waals surface area contributed by atoms with Crippen molar-refractivity contribution in [2.75, 3.05) is 23.8 Å². The molecule has 30 heavy (non-hydrogen) atoms. The first-order chi connectivity index (χ1) is 14.4. The lowest BCUT2D eigenvalue weighted by Gasteiger charge is -2.11. The van der Waals surface area contributed by atoms with E-state index >= 15 is 0 Å². The van der Waals surface area contributed by atoms with E-state index in [1.807, 2.05) is 6.92 Å². The summed E-state index contributed by atoms with van der Waals surface area (Å²) in [5.41, 5.74) is 1.27. The summed E-state index contributed by atoms with van der Waals surface area (Å²) in [6, 6.07) is 19.4. The number of hydrogen-bond donors (Lipinski definition) is 2. The summed E-state index contributed by atoms with van der Waals surface area (Å²) in [4.78, 5) is 12.5. The fourth-order valence-electron chi connectivity index (χ4n) is 2.75. The third-order valence-electron chi connectivity index (χ3n) is 4.19. The summed E-state index contributed by atoms with van der Waals surface area (Å²) in [7, 11) is -2.28. The zero-order valence-electron chi connectivity index (χ0n) is 16.6. The van der Waals surface area contributed by atoms with Gasteiger partial charge in [-0.2, -0.15) is 0 Å². The van der Waals surface area contributed by atoms with E-state index in [4.69, 9.17) is 9.47 Å². The number of sulfonamides is 1. The van der Waals surface area contributed by atoms with Gasteiger partial charge in [0.15, 0.2) is 0 Å². The maximum absolute atomic E-state index is 12.6. The number of ether oxygens (including phenoxy) is 2. The molecule has 8 heteroatoms. The Hall–Kier alpha value is -3.52. The molecule has 0 aliphatic heterocycles. The number of amides is 1. The maximum atomic E-state index is 12.6. The minimum absolute atomic E-state index is 0.0756. The molecule has 0 saturated carbocycles. The first-order valence-electron chi connectivity index (χ1n) is 9.23. The summed E-state index contributed by atoms with van der Waals surface area (Å²) in [6.07, 6.45) is 0. The summed E-state index contributed by atoms with van der Waals surface area (Å²) in [5.74, 6) is 0.764. The van der Waals surface area contributed by atoms with Gasteiger partial charge in [0, 0.05) is 11.4 Å². The average molecular weight is 426 g/mol. The van der Waals surface area contributed by atoms with Crippen LogP contribution in [0.15, 0.2) is 77.7 Å². The predicted molar refractivity (Wildman–Crippen MR) is 116 cm³/mol. The number of hydrogen-bond acceptors (Lipinski definition) is 5. The van der Waals surface area contributed by atoms with Crippen molar-refractivity contribution < 1.29 is 22.7 Å². The highest BCUT2D eigenvalue weighted by Crippen LogP contribution is 2.22. The summed E-state index contributed by atoms with van der Waals surface area (Å²) in [6.45, 7) is 2.41. The Morgan fingerprint density at radius 1 is 0.900 bits per heavy atom. The zero-order valence-corrected chi connectivity index (χ0v) is 17.4. The van der Waals surface area contributed by atoms with Gasteiger partial charge in [0.05, 0.1) is 24.2 Å². The van der Waals surface area contributed by atoms with E-state index < -0.39 is 10.0 Å². The molecule has 0 aromatic heterocycles. The van der Waals surface area contributed by atoms with Gasteiger partial charge in [0.2, 0.25) is 0 Å². The van der Waals surface area contributed by atoms with Crippen LogP contribution in [-0.4, -0.2) is 28.0 Å². The van der Waals surface area contributed by atoms with Crippen LogP contribution in [-0.2, 0) is 10.0 Å². The number of methoxy groups -OCH3 is 1. The van der Waals surface area contributed by atoms with Crippen LogP contribution in [0, 0.1) is 0 Å². The van der Waals surface area contributed by atoms with Crippen LogP contribution in [0.4, 0.5) is 11.4 Å². The van der Waals surface area contributed by atoms with Crippen molar-refractivity contribution in [2.24, 2.45) is 0 Å². The van der Waals surface area contributed by atoms with Gasteiger partial charge in [0.25, 0.3) is 15.9 Å². The molecule has 2 N–H and O–H groups in total. The molecule has 0 unspecified atom stereocenters. The Bertz CT molecular complexity index is 1110. The number of anilines is 2. The summed E-state index contributed by atoms with van der Waals surface area (Å²) in [5, 5.41) is 2.73. The molecule has 156 valence electrons. The predicted octanol–water partition coefficient (Wildman–Crippen LogP) is 4.15. The maximum Gasteiger partial charge on any atom is 0.261 e. The molecule has 0 atom stereocenters. The quantitative estimate of drug-likeness (QED) is 0.564. The van der Waals surface area contributed by atoms with Crippen molar-refractivity contribution in [2.45, 2.75) is 11.8 Å². The average Bonchev–Trinajstić information content (AvgIpc) is 2.75. The number of rotatable bonds is 8. The van der Waals surface area contributed by atoms with E-state index in [-0.39, 0.29) is 10.8 Å². The molecular weight excluding hydrogens is 404 g/mol. The third kappa shape index (κ3) is 5.09. The molecule has 0 aliphatic rings. The van der Waals surface area contributed by atoms with Crippen LogP contribution in [0.1, 0.15) is 17.3 Å². The summed E-state index contributed by atoms with van der Waals surface area (Å²) < 4.78 is 38.3. The highest BCUT2D eigenvalue weighted by molar-refractivity contribution is 7.92. The largest absolute Gasteiger partial charge is 0.496 e. The fourth-order valence-corrected chi connectivity index (χ4v) is 3.81. The van der Waals surface area contributed by atoms with Gasteiger partial charge in [0.1, 0.15) is 11.5 Å². The molecule has 1 amide bonds. The van der Waals surface area contributed by atoms with Crippen LogP contribution >= 0.6 is 0 Å². The first-order valence-corrected chi connectivity index (χ1v) is 10.7. The molecule has 3 rings (SSSR count). The minimum atomic E-state index is -3.77. The second-order valence-electron chi connectivity index (χ2n) is 6.24. The van der Waals surface area contributed by atoms with Crippen LogP contribution in [0.2, 0.25) is 0 Å². The smallest absolute Gasteiger partial charge is 0.261 e. The Balaban J connectivity index is 1.70. The lowest BCUT2D eigenvalue weighted by Crippen LogP contribution is -2.14. The van der Waals surface area contributed by atoms with Gasteiger partial charge in [-0.05, 0) is 67.6 Å². The van der Waals surface area contributed by atoms with Gasteiger partial charge in [-0.3, -0.25) is 9.52 Å². The number of benzene rings is 3. The van der Waals surface area contributed by atoms with Crippen LogP contribution in [0.25, 0.3) is 0 Å². The summed E-state index contributed by atoms with van der Waals surface area (Å²) >= 11 is 0. The van der Waals surface area contributed by atoms with Gasteiger partial charge >= 0.3 is 0 Å². The number of carbonyl (C=O) groups is 1. The SMILES string of the molecule is CCOc1ccc(NS(=O)(=O)c2ccc(NC(=O)c3ccccc3OC)cc2)cc1. The van der Waals surface area contributed by atoms with Crippen molar-refractivity contribution in [1.82, 2.24) is 0 Å². The van der Waals surface area contributed by atoms with E-state index in [1.54, 1.807) is 48.5 Å². The Morgan fingerprint density at radius 2 is 1.53 bits per heavy atom. The van der Waals surface area contributed by atoms with Crippen molar-refractivity contribution in [3.05, 3.63) is 78.4 Å². The van der Waals surface area contributed by atoms with Gasteiger partial charge in [-0.1, -0.05) is 12.1 Å². The van der Waals surface area contributed by atoms with Crippen LogP contribution < -0.4 is 19.5 Å². The van der Waals surface area contributed by atoms with Crippen molar-refractivity contribution in [1.29, 1.82) is 0 Å². The number of para-hydroxylation sites is 1. The monoisotopic (exact) mass is 426 g/mol. The fraction of sp³-hybridized carbons (Fsp3) is 0.136. The molecule has 0 bridgehead atoms. The Morgan fingerprint density at radius 3 is 2.17 bits per heavy atom. The second-order valence-corrected chi connectivity index (χ2v) is 7.92. The molecule has 3 aromatic rings. The molecule has 7 nitrogen and oxygen atoms in total. The Labute approximate surface area is 175 Å². The standard InChI is InChI=1S/C22H22N2O5S/c1-3-29-18-12-8-17(9-13-18)24-30(26,27)19-14-10-16(11-15-19)23-22(25)20-6-4-5-7-21(20)28-2/h4-15,24H,3H2,1-2H3,(H,23,25). The van der Waals surface area contributed by atoms with Crippen molar-refractivity contribution in [3.8, 4) is 11.5 Å². The number of nitrogens with one attached hydrogen (secondary N) is 2. The lowest BCUT2D eigenvalue weighted by molar-refractivity contribution is 0.102. The van der Waals surface area contributed by atoms with E-state index in [9.17, 15) is 13.2 Å². The molecular formula is C22H22N2O5S. The van der Waals surface area contributed by atoms with E-state index in [1.165, 1.54) is 31.4 Å². The molecule has 0 saturated heterocycles. The van der Waals surface area contributed by atoms with E-state index in [2.05, 4.69) is 10.0 Å². The molecule has 3 aromatic carbocycles. The molecule has 0 heterocycles. The highest BCUT2D eigenvalue weighted by Gasteiger charge is 2.16. The lowest BCUT2D eigenvalue weighted by atomic mass is 10.2. The van der Waals surface area contributed by atoms with Crippen molar-refractivity contribution >= 4 is 27.3 Å².